The SMILES string of the molecule is CCN(CC)c1ccc(/C=C(\NC(=O)c2ccccc2)C(=O)N/N=C/C(C)=C/c2ccco2)cc1. The van der Waals surface area contributed by atoms with Gasteiger partial charge in [-0.1, -0.05) is 30.3 Å². The van der Waals surface area contributed by atoms with E-state index >= 15 is 0 Å². The molecule has 0 saturated carbocycles. The predicted octanol–water partition coefficient (Wildman–Crippen LogP) is 5.10. The zero-order valence-corrected chi connectivity index (χ0v) is 20.2. The number of hydrazone groups is 1. The average Bonchev–Trinajstić information content (AvgIpc) is 3.38. The van der Waals surface area contributed by atoms with Crippen LogP contribution < -0.4 is 15.6 Å². The summed E-state index contributed by atoms with van der Waals surface area (Å²) >= 11 is 0. The lowest BCUT2D eigenvalue weighted by molar-refractivity contribution is -0.117. The predicted molar refractivity (Wildman–Crippen MR) is 141 cm³/mol. The van der Waals surface area contributed by atoms with E-state index in [1.807, 2.05) is 43.3 Å². The molecule has 0 bridgehead atoms. The largest absolute Gasteiger partial charge is 0.465 e. The molecule has 2 amide bonds. The molecule has 7 heteroatoms. The van der Waals surface area contributed by atoms with Crippen LogP contribution in [-0.2, 0) is 4.79 Å². The number of furan rings is 1. The molecular weight excluding hydrogens is 440 g/mol. The third-order valence-electron chi connectivity index (χ3n) is 5.21. The molecule has 2 N–H and O–H groups in total. The van der Waals surface area contributed by atoms with Gasteiger partial charge in [-0.25, -0.2) is 5.43 Å². The topological polar surface area (TPSA) is 86.9 Å². The number of benzene rings is 2. The molecule has 0 aliphatic rings. The molecule has 35 heavy (non-hydrogen) atoms. The lowest BCUT2D eigenvalue weighted by Gasteiger charge is -2.20. The number of nitrogens with zero attached hydrogens (tertiary/aromatic N) is 2. The fourth-order valence-electron chi connectivity index (χ4n) is 3.37. The van der Waals surface area contributed by atoms with Gasteiger partial charge < -0.3 is 14.6 Å². The van der Waals surface area contributed by atoms with Crippen molar-refractivity contribution in [2.45, 2.75) is 20.8 Å². The maximum atomic E-state index is 12.9. The lowest BCUT2D eigenvalue weighted by Crippen LogP contribution is -2.32. The molecule has 3 aromatic rings. The number of allylic oxidation sites excluding steroid dienone is 1. The molecule has 2 aromatic carbocycles. The molecule has 0 aliphatic carbocycles. The summed E-state index contributed by atoms with van der Waals surface area (Å²) < 4.78 is 5.27. The number of hydrogen-bond acceptors (Lipinski definition) is 5. The van der Waals surface area contributed by atoms with Crippen molar-refractivity contribution in [1.29, 1.82) is 0 Å². The maximum Gasteiger partial charge on any atom is 0.287 e. The van der Waals surface area contributed by atoms with Gasteiger partial charge in [-0.2, -0.15) is 5.10 Å². The molecule has 0 saturated heterocycles. The summed E-state index contributed by atoms with van der Waals surface area (Å²) in [6.45, 7) is 7.84. The molecule has 7 nitrogen and oxygen atoms in total. The minimum absolute atomic E-state index is 0.0826. The van der Waals surface area contributed by atoms with Crippen LogP contribution in [0.2, 0.25) is 0 Å². The van der Waals surface area contributed by atoms with Crippen LogP contribution in [0.3, 0.4) is 0 Å². The quantitative estimate of drug-likeness (QED) is 0.245. The molecule has 1 heterocycles. The number of rotatable bonds is 10. The number of carbonyl (C=O) groups excluding carboxylic acids is 2. The molecule has 0 aliphatic heterocycles. The highest BCUT2D eigenvalue weighted by atomic mass is 16.3. The Bertz CT molecular complexity index is 1190. The summed E-state index contributed by atoms with van der Waals surface area (Å²) in [6.07, 6.45) is 6.51. The van der Waals surface area contributed by atoms with E-state index in [1.165, 1.54) is 6.21 Å². The molecule has 0 fully saturated rings. The Labute approximate surface area is 205 Å². The van der Waals surface area contributed by atoms with E-state index in [-0.39, 0.29) is 11.6 Å². The first-order chi connectivity index (χ1) is 17.0. The first kappa shape index (κ1) is 25.2. The zero-order chi connectivity index (χ0) is 25.0. The van der Waals surface area contributed by atoms with Gasteiger partial charge in [0.2, 0.25) is 0 Å². The lowest BCUT2D eigenvalue weighted by atomic mass is 10.1. The van der Waals surface area contributed by atoms with E-state index in [1.54, 1.807) is 48.7 Å². The van der Waals surface area contributed by atoms with E-state index in [4.69, 9.17) is 4.42 Å². The Hall–Kier alpha value is -4.39. The number of nitrogens with one attached hydrogen (secondary N) is 2. The summed E-state index contributed by atoms with van der Waals surface area (Å²) in [7, 11) is 0. The third-order valence-corrected chi connectivity index (χ3v) is 5.21. The van der Waals surface area contributed by atoms with Gasteiger partial charge >= 0.3 is 0 Å². The van der Waals surface area contributed by atoms with Crippen molar-refractivity contribution in [3.05, 3.63) is 101 Å². The Kier molecular flexibility index (Phi) is 9.19. The molecule has 0 spiro atoms. The van der Waals surface area contributed by atoms with Gasteiger partial charge in [-0.05, 0) is 80.5 Å². The zero-order valence-electron chi connectivity index (χ0n) is 20.2. The van der Waals surface area contributed by atoms with Crippen LogP contribution in [-0.4, -0.2) is 31.1 Å². The second-order valence-electron chi connectivity index (χ2n) is 7.74. The monoisotopic (exact) mass is 470 g/mol. The van der Waals surface area contributed by atoms with E-state index in [0.29, 0.717) is 11.3 Å². The Morgan fingerprint density at radius 3 is 2.29 bits per heavy atom. The van der Waals surface area contributed by atoms with Crippen molar-refractivity contribution in [3.8, 4) is 0 Å². The average molecular weight is 471 g/mol. The number of amides is 2. The van der Waals surface area contributed by atoms with E-state index < -0.39 is 5.91 Å². The minimum Gasteiger partial charge on any atom is -0.465 e. The molecule has 1 aromatic heterocycles. The van der Waals surface area contributed by atoms with Gasteiger partial charge in [0.05, 0.1) is 12.5 Å². The highest BCUT2D eigenvalue weighted by Gasteiger charge is 2.14. The second kappa shape index (κ2) is 12.7. The second-order valence-corrected chi connectivity index (χ2v) is 7.74. The standard InChI is InChI=1S/C28H30N4O3/c1-4-32(5-2)24-15-13-22(14-16-24)19-26(30-27(33)23-10-7-6-8-11-23)28(34)31-29-20-21(3)18-25-12-9-17-35-25/h6-20H,4-5H2,1-3H3,(H,30,33)(H,31,34)/b21-18+,26-19-,29-20+. The van der Waals surface area contributed by atoms with Crippen molar-refractivity contribution in [1.82, 2.24) is 10.7 Å². The third kappa shape index (κ3) is 7.57. The van der Waals surface area contributed by atoms with Gasteiger partial charge in [-0.3, -0.25) is 9.59 Å². The summed E-state index contributed by atoms with van der Waals surface area (Å²) in [5.41, 5.74) is 5.67. The first-order valence-corrected chi connectivity index (χ1v) is 11.5. The minimum atomic E-state index is -0.538. The van der Waals surface area contributed by atoms with Crippen LogP contribution in [0.5, 0.6) is 0 Å². The van der Waals surface area contributed by atoms with Crippen molar-refractivity contribution in [2.75, 3.05) is 18.0 Å². The van der Waals surface area contributed by atoms with E-state index in [2.05, 4.69) is 34.6 Å². The molecule has 180 valence electrons. The Morgan fingerprint density at radius 1 is 0.943 bits per heavy atom. The van der Waals surface area contributed by atoms with Crippen LogP contribution in [0.4, 0.5) is 5.69 Å². The fraction of sp³-hybridized carbons (Fsp3) is 0.179. The van der Waals surface area contributed by atoms with Crippen LogP contribution in [0.15, 0.2) is 93.8 Å². The number of anilines is 1. The molecule has 0 radical (unpaired) electrons. The van der Waals surface area contributed by atoms with Gasteiger partial charge in [0.15, 0.2) is 0 Å². The smallest absolute Gasteiger partial charge is 0.287 e. The highest BCUT2D eigenvalue weighted by molar-refractivity contribution is 6.05. The van der Waals surface area contributed by atoms with Gasteiger partial charge in [0.25, 0.3) is 11.8 Å². The van der Waals surface area contributed by atoms with Crippen LogP contribution in [0.25, 0.3) is 12.2 Å². The first-order valence-electron chi connectivity index (χ1n) is 11.5. The number of carbonyl (C=O) groups is 2. The summed E-state index contributed by atoms with van der Waals surface area (Å²) in [6, 6.07) is 20.2. The molecule has 0 unspecified atom stereocenters. The van der Waals surface area contributed by atoms with E-state index in [0.717, 1.165) is 29.9 Å². The van der Waals surface area contributed by atoms with Crippen LogP contribution in [0.1, 0.15) is 42.5 Å². The van der Waals surface area contributed by atoms with Gasteiger partial charge in [0.1, 0.15) is 11.5 Å². The van der Waals surface area contributed by atoms with Gasteiger partial charge in [-0.15, -0.1) is 0 Å². The summed E-state index contributed by atoms with van der Waals surface area (Å²) in [5.74, 6) is -0.238. The van der Waals surface area contributed by atoms with Gasteiger partial charge in [0, 0.05) is 24.3 Å². The maximum absolute atomic E-state index is 12.9. The Morgan fingerprint density at radius 2 is 1.66 bits per heavy atom. The van der Waals surface area contributed by atoms with Crippen molar-refractivity contribution in [3.63, 3.8) is 0 Å². The molecular formula is C28H30N4O3. The summed E-state index contributed by atoms with van der Waals surface area (Å²) in [4.78, 5) is 27.9. The number of hydrogen-bond donors (Lipinski definition) is 2. The normalized spacial score (nSPS) is 12.0. The van der Waals surface area contributed by atoms with Crippen molar-refractivity contribution in [2.24, 2.45) is 5.10 Å². The Balaban J connectivity index is 1.79. The van der Waals surface area contributed by atoms with Crippen molar-refractivity contribution >= 4 is 35.9 Å². The van der Waals surface area contributed by atoms with Crippen LogP contribution in [0, 0.1) is 0 Å². The fourth-order valence-corrected chi connectivity index (χ4v) is 3.37. The highest BCUT2D eigenvalue weighted by Crippen LogP contribution is 2.17. The van der Waals surface area contributed by atoms with E-state index in [9.17, 15) is 9.59 Å². The summed E-state index contributed by atoms with van der Waals surface area (Å²) in [5, 5.41) is 6.73. The van der Waals surface area contributed by atoms with Crippen molar-refractivity contribution < 1.29 is 14.0 Å². The van der Waals surface area contributed by atoms with Crippen LogP contribution >= 0.6 is 0 Å². The molecule has 0 atom stereocenters. The molecule has 3 rings (SSSR count).